The van der Waals surface area contributed by atoms with Crippen molar-refractivity contribution in [3.05, 3.63) is 0 Å². The van der Waals surface area contributed by atoms with Crippen molar-refractivity contribution in [3.63, 3.8) is 0 Å². The van der Waals surface area contributed by atoms with Gasteiger partial charge in [0.05, 0.1) is 0 Å². The van der Waals surface area contributed by atoms with E-state index >= 15 is 0 Å². The standard InChI is InChI=1S/C14H24OP/c1-2-3-4-16(15)14-8-11-5-12(9-14)7-13(6-11)10-14/h11-13H,2-10H2,1H3/q+1. The predicted octanol–water partition coefficient (Wildman–Crippen LogP) is 4.58. The molecule has 0 aromatic carbocycles. The van der Waals surface area contributed by atoms with Gasteiger partial charge in [-0.3, -0.25) is 0 Å². The highest BCUT2D eigenvalue weighted by Gasteiger charge is 2.60. The summed E-state index contributed by atoms with van der Waals surface area (Å²) in [4.78, 5) is 0. The third-order valence-electron chi connectivity index (χ3n) is 5.25. The van der Waals surface area contributed by atoms with Crippen LogP contribution in [-0.2, 0) is 4.57 Å². The summed E-state index contributed by atoms with van der Waals surface area (Å²) in [5.41, 5.74) is 0. The maximum absolute atomic E-state index is 12.6. The Morgan fingerprint density at radius 3 is 2.00 bits per heavy atom. The van der Waals surface area contributed by atoms with Crippen LogP contribution >= 0.6 is 7.80 Å². The van der Waals surface area contributed by atoms with Gasteiger partial charge < -0.3 is 0 Å². The van der Waals surface area contributed by atoms with Gasteiger partial charge in [0, 0.05) is 0 Å². The lowest BCUT2D eigenvalue weighted by Gasteiger charge is -2.51. The molecule has 0 saturated heterocycles. The lowest BCUT2D eigenvalue weighted by atomic mass is 9.56. The van der Waals surface area contributed by atoms with E-state index in [2.05, 4.69) is 6.92 Å². The van der Waals surface area contributed by atoms with Gasteiger partial charge in [-0.05, 0) is 62.7 Å². The van der Waals surface area contributed by atoms with E-state index in [4.69, 9.17) is 0 Å². The van der Waals surface area contributed by atoms with Gasteiger partial charge in [-0.15, -0.1) is 0 Å². The Hall–Kier alpha value is 0.100. The van der Waals surface area contributed by atoms with Crippen LogP contribution in [0, 0.1) is 17.8 Å². The molecule has 4 fully saturated rings. The summed E-state index contributed by atoms with van der Waals surface area (Å²) in [6.45, 7) is 2.21. The van der Waals surface area contributed by atoms with Crippen LogP contribution in [0.15, 0.2) is 0 Å². The Bertz CT molecular complexity index is 262. The van der Waals surface area contributed by atoms with Crippen molar-refractivity contribution in [2.75, 3.05) is 6.16 Å². The van der Waals surface area contributed by atoms with Crippen molar-refractivity contribution >= 4 is 7.80 Å². The van der Waals surface area contributed by atoms with Gasteiger partial charge in [0.2, 0.25) is 0 Å². The number of hydrogen-bond donors (Lipinski definition) is 0. The molecule has 0 aromatic heterocycles. The van der Waals surface area contributed by atoms with E-state index in [1.807, 2.05) is 0 Å². The van der Waals surface area contributed by atoms with E-state index in [-0.39, 0.29) is 0 Å². The molecule has 4 bridgehead atoms. The van der Waals surface area contributed by atoms with E-state index in [0.717, 1.165) is 23.9 Å². The van der Waals surface area contributed by atoms with Gasteiger partial charge in [0.1, 0.15) is 6.16 Å². The first-order chi connectivity index (χ1) is 7.72. The third kappa shape index (κ3) is 1.76. The first-order valence-corrected chi connectivity index (χ1v) is 8.61. The van der Waals surface area contributed by atoms with Gasteiger partial charge in [-0.1, -0.05) is 17.9 Å². The maximum atomic E-state index is 12.6. The molecule has 4 saturated carbocycles. The zero-order valence-electron chi connectivity index (χ0n) is 10.5. The molecule has 0 radical (unpaired) electrons. The SMILES string of the molecule is CCCC[P+](=O)C12CC3CC(CC(C3)C1)C2. The van der Waals surface area contributed by atoms with Crippen LogP contribution in [0.25, 0.3) is 0 Å². The molecule has 1 unspecified atom stereocenters. The quantitative estimate of drug-likeness (QED) is 0.656. The van der Waals surface area contributed by atoms with E-state index in [0.29, 0.717) is 5.16 Å². The molecule has 16 heavy (non-hydrogen) atoms. The second kappa shape index (κ2) is 4.09. The predicted molar refractivity (Wildman–Crippen MR) is 68.3 cm³/mol. The summed E-state index contributed by atoms with van der Waals surface area (Å²) >= 11 is 0. The van der Waals surface area contributed by atoms with Crippen LogP contribution in [-0.4, -0.2) is 11.3 Å². The van der Waals surface area contributed by atoms with Gasteiger partial charge in [0.25, 0.3) is 0 Å². The fourth-order valence-corrected chi connectivity index (χ4v) is 7.37. The van der Waals surface area contributed by atoms with Crippen molar-refractivity contribution in [2.45, 2.75) is 63.4 Å². The fourth-order valence-electron chi connectivity index (χ4n) is 4.91. The molecule has 1 atom stereocenters. The van der Waals surface area contributed by atoms with Crippen LogP contribution in [0.3, 0.4) is 0 Å². The first kappa shape index (κ1) is 11.2. The van der Waals surface area contributed by atoms with Crippen molar-refractivity contribution < 1.29 is 4.57 Å². The van der Waals surface area contributed by atoms with E-state index < -0.39 is 7.80 Å². The first-order valence-electron chi connectivity index (χ1n) is 7.16. The molecule has 0 aromatic rings. The lowest BCUT2D eigenvalue weighted by Crippen LogP contribution is -2.48. The third-order valence-corrected chi connectivity index (χ3v) is 7.58. The number of hydrogen-bond acceptors (Lipinski definition) is 1. The second-order valence-electron chi connectivity index (χ2n) is 6.60. The Morgan fingerprint density at radius 1 is 1.06 bits per heavy atom. The topological polar surface area (TPSA) is 17.1 Å². The zero-order chi connectivity index (χ0) is 11.2. The zero-order valence-corrected chi connectivity index (χ0v) is 11.3. The average molecular weight is 239 g/mol. The molecule has 0 aliphatic heterocycles. The maximum Gasteiger partial charge on any atom is 0.344 e. The molecule has 0 amide bonds. The molecule has 2 heteroatoms. The van der Waals surface area contributed by atoms with Gasteiger partial charge >= 0.3 is 7.80 Å². The second-order valence-corrected chi connectivity index (χ2v) is 8.75. The fraction of sp³-hybridized carbons (Fsp3) is 1.00. The molecule has 4 rings (SSSR count). The highest BCUT2D eigenvalue weighted by atomic mass is 31.1. The van der Waals surface area contributed by atoms with Crippen molar-refractivity contribution in [3.8, 4) is 0 Å². The molecular weight excluding hydrogens is 215 g/mol. The smallest absolute Gasteiger partial charge is 0.0742 e. The molecular formula is C14H24OP+. The Labute approximate surface area is 100 Å². The molecule has 0 heterocycles. The number of unbranched alkanes of at least 4 members (excludes halogenated alkanes) is 1. The van der Waals surface area contributed by atoms with Crippen LogP contribution in [0.4, 0.5) is 0 Å². The summed E-state index contributed by atoms with van der Waals surface area (Å²) in [6.07, 6.45) is 11.7. The Morgan fingerprint density at radius 2 is 1.56 bits per heavy atom. The molecule has 0 spiro atoms. The van der Waals surface area contributed by atoms with Crippen LogP contribution in [0.2, 0.25) is 0 Å². The van der Waals surface area contributed by atoms with Crippen molar-refractivity contribution in [2.24, 2.45) is 17.8 Å². The van der Waals surface area contributed by atoms with E-state index in [9.17, 15) is 4.57 Å². The minimum Gasteiger partial charge on any atom is -0.0742 e. The summed E-state index contributed by atoms with van der Waals surface area (Å²) in [5, 5.41) is 0.319. The van der Waals surface area contributed by atoms with E-state index in [1.54, 1.807) is 0 Å². The average Bonchev–Trinajstić information content (AvgIpc) is 2.24. The molecule has 4 aliphatic rings. The Balaban J connectivity index is 1.75. The molecule has 0 N–H and O–H groups in total. The van der Waals surface area contributed by atoms with Gasteiger partial charge in [-0.25, -0.2) is 0 Å². The molecule has 90 valence electrons. The molecule has 4 aliphatic carbocycles. The molecule has 1 nitrogen and oxygen atoms in total. The number of rotatable bonds is 4. The normalized spacial score (nSPS) is 46.1. The summed E-state index contributed by atoms with van der Waals surface area (Å²) in [6, 6.07) is 0. The van der Waals surface area contributed by atoms with Crippen LogP contribution in [0.5, 0.6) is 0 Å². The lowest BCUT2D eigenvalue weighted by molar-refractivity contribution is 0.0344. The van der Waals surface area contributed by atoms with Gasteiger partial charge in [-0.2, -0.15) is 0 Å². The van der Waals surface area contributed by atoms with Crippen LogP contribution < -0.4 is 0 Å². The Kier molecular flexibility index (Phi) is 2.86. The van der Waals surface area contributed by atoms with Crippen LogP contribution in [0.1, 0.15) is 58.3 Å². The highest BCUT2D eigenvalue weighted by Crippen LogP contribution is 2.64. The largest absolute Gasteiger partial charge is 0.344 e. The summed E-state index contributed by atoms with van der Waals surface area (Å²) in [7, 11) is -0.911. The minimum absolute atomic E-state index is 0.319. The van der Waals surface area contributed by atoms with E-state index in [1.165, 1.54) is 51.4 Å². The highest BCUT2D eigenvalue weighted by molar-refractivity contribution is 7.46. The minimum atomic E-state index is -0.911. The summed E-state index contributed by atoms with van der Waals surface area (Å²) < 4.78 is 12.6. The van der Waals surface area contributed by atoms with Crippen molar-refractivity contribution in [1.82, 2.24) is 0 Å². The monoisotopic (exact) mass is 239 g/mol. The van der Waals surface area contributed by atoms with Crippen molar-refractivity contribution in [1.29, 1.82) is 0 Å². The summed E-state index contributed by atoms with van der Waals surface area (Å²) in [5.74, 6) is 2.85. The van der Waals surface area contributed by atoms with Gasteiger partial charge in [0.15, 0.2) is 5.16 Å².